The molecule has 2 aromatic heterocycles. The highest BCUT2D eigenvalue weighted by Crippen LogP contribution is 2.16. The van der Waals surface area contributed by atoms with E-state index in [1.165, 1.54) is 0 Å². The average molecular weight is 412 g/mol. The number of carbonyl (C=O) groups is 1. The Morgan fingerprint density at radius 3 is 2.53 bits per heavy atom. The highest BCUT2D eigenvalue weighted by Gasteiger charge is 2.22. The van der Waals surface area contributed by atoms with Gasteiger partial charge in [0.1, 0.15) is 0 Å². The number of hydrogen-bond acceptors (Lipinski definition) is 6. The molecule has 1 fully saturated rings. The number of nitrogens with zero attached hydrogens (tertiary/aromatic N) is 6. The molecular weight excluding hydrogens is 382 g/mol. The van der Waals surface area contributed by atoms with Gasteiger partial charge in [-0.1, -0.05) is 19.1 Å². The Balaban J connectivity index is 1.51. The molecule has 9 nitrogen and oxygen atoms in total. The number of nitrogens with one attached hydrogen (secondary N) is 1. The fraction of sp³-hybridized carbons (Fsp3) is 0.524. The maximum atomic E-state index is 12.8. The molecule has 160 valence electrons. The lowest BCUT2D eigenvalue weighted by Gasteiger charge is -2.33. The van der Waals surface area contributed by atoms with Gasteiger partial charge in [-0.25, -0.2) is 0 Å². The molecule has 0 aliphatic carbocycles. The van der Waals surface area contributed by atoms with Crippen LogP contribution < -0.4 is 10.9 Å². The number of benzene rings is 1. The smallest absolute Gasteiger partial charge is 0.262 e. The normalized spacial score (nSPS) is 15.8. The fourth-order valence-corrected chi connectivity index (χ4v) is 4.03. The Morgan fingerprint density at radius 1 is 1.07 bits per heavy atom. The molecule has 9 heteroatoms. The lowest BCUT2D eigenvalue weighted by atomic mass is 10.2. The average Bonchev–Trinajstić information content (AvgIpc) is 3.17. The van der Waals surface area contributed by atoms with E-state index in [4.69, 9.17) is 0 Å². The molecule has 1 aliphatic rings. The SMILES string of the molecule is CCCNC(=O)CN1CCN(Cc2nnc3n(CC)c(=O)c4ccccc4n23)CC1. The molecule has 0 radical (unpaired) electrons. The lowest BCUT2D eigenvalue weighted by molar-refractivity contribution is -0.122. The van der Waals surface area contributed by atoms with Gasteiger partial charge in [0.05, 0.1) is 24.0 Å². The highest BCUT2D eigenvalue weighted by atomic mass is 16.2. The molecular formula is C21H29N7O2. The number of para-hydroxylation sites is 1. The summed E-state index contributed by atoms with van der Waals surface area (Å²) in [5, 5.41) is 12.4. The molecule has 0 saturated carbocycles. The van der Waals surface area contributed by atoms with E-state index in [0.717, 1.165) is 50.5 Å². The molecule has 1 saturated heterocycles. The van der Waals surface area contributed by atoms with Gasteiger partial charge in [-0.05, 0) is 25.5 Å². The Morgan fingerprint density at radius 2 is 1.80 bits per heavy atom. The van der Waals surface area contributed by atoms with Gasteiger partial charge in [0.15, 0.2) is 5.82 Å². The second kappa shape index (κ2) is 8.93. The zero-order chi connectivity index (χ0) is 21.1. The van der Waals surface area contributed by atoms with Crippen molar-refractivity contribution in [3.8, 4) is 0 Å². The van der Waals surface area contributed by atoms with Gasteiger partial charge in [-0.2, -0.15) is 0 Å². The van der Waals surface area contributed by atoms with Crippen LogP contribution >= 0.6 is 0 Å². The minimum atomic E-state index is -0.0329. The number of aromatic nitrogens is 4. The molecule has 0 atom stereocenters. The number of hydrogen-bond donors (Lipinski definition) is 1. The van der Waals surface area contributed by atoms with Crippen molar-refractivity contribution in [3.63, 3.8) is 0 Å². The monoisotopic (exact) mass is 411 g/mol. The maximum Gasteiger partial charge on any atom is 0.262 e. The number of carbonyl (C=O) groups excluding carboxylic acids is 1. The second-order valence-electron chi connectivity index (χ2n) is 7.72. The van der Waals surface area contributed by atoms with E-state index in [1.807, 2.05) is 35.6 Å². The highest BCUT2D eigenvalue weighted by molar-refractivity contribution is 5.80. The van der Waals surface area contributed by atoms with E-state index in [0.29, 0.717) is 30.8 Å². The summed E-state index contributed by atoms with van der Waals surface area (Å²) in [4.78, 5) is 29.3. The minimum Gasteiger partial charge on any atom is -0.355 e. The van der Waals surface area contributed by atoms with Crippen LogP contribution in [0.15, 0.2) is 29.1 Å². The van der Waals surface area contributed by atoms with Crippen molar-refractivity contribution in [1.82, 2.24) is 34.3 Å². The van der Waals surface area contributed by atoms with Gasteiger partial charge < -0.3 is 5.32 Å². The van der Waals surface area contributed by atoms with Gasteiger partial charge in [-0.3, -0.25) is 28.4 Å². The molecule has 3 aromatic rings. The van der Waals surface area contributed by atoms with Gasteiger partial charge >= 0.3 is 0 Å². The van der Waals surface area contributed by atoms with Crippen LogP contribution in [0.1, 0.15) is 26.1 Å². The molecule has 1 N–H and O–H groups in total. The third-order valence-electron chi connectivity index (χ3n) is 5.66. The first-order valence-corrected chi connectivity index (χ1v) is 10.7. The van der Waals surface area contributed by atoms with E-state index in [9.17, 15) is 9.59 Å². The summed E-state index contributed by atoms with van der Waals surface area (Å²) < 4.78 is 3.68. The van der Waals surface area contributed by atoms with Crippen molar-refractivity contribution in [3.05, 3.63) is 40.4 Å². The fourth-order valence-electron chi connectivity index (χ4n) is 4.03. The molecule has 1 aromatic carbocycles. The van der Waals surface area contributed by atoms with Crippen LogP contribution in [0.5, 0.6) is 0 Å². The third kappa shape index (κ3) is 3.95. The molecule has 1 aliphatic heterocycles. The van der Waals surface area contributed by atoms with E-state index in [2.05, 4.69) is 32.2 Å². The summed E-state index contributed by atoms with van der Waals surface area (Å²) in [7, 11) is 0. The molecule has 3 heterocycles. The van der Waals surface area contributed by atoms with Crippen LogP contribution in [-0.2, 0) is 17.9 Å². The van der Waals surface area contributed by atoms with Crippen molar-refractivity contribution in [2.45, 2.75) is 33.4 Å². The Labute approximate surface area is 175 Å². The molecule has 0 unspecified atom stereocenters. The number of aryl methyl sites for hydroxylation is 1. The number of fused-ring (bicyclic) bond motifs is 3. The van der Waals surface area contributed by atoms with E-state index in [-0.39, 0.29) is 11.5 Å². The van der Waals surface area contributed by atoms with Crippen LogP contribution in [0.2, 0.25) is 0 Å². The Kier molecular flexibility index (Phi) is 6.10. The summed E-state index contributed by atoms with van der Waals surface area (Å²) >= 11 is 0. The zero-order valence-electron chi connectivity index (χ0n) is 17.7. The van der Waals surface area contributed by atoms with Gasteiger partial charge in [-0.15, -0.1) is 10.2 Å². The summed E-state index contributed by atoms with van der Waals surface area (Å²) in [5.74, 6) is 1.51. The summed E-state index contributed by atoms with van der Waals surface area (Å²) in [6.45, 7) is 9.80. The van der Waals surface area contributed by atoms with Crippen molar-refractivity contribution in [2.24, 2.45) is 0 Å². The van der Waals surface area contributed by atoms with E-state index >= 15 is 0 Å². The summed E-state index contributed by atoms with van der Waals surface area (Å²) in [5.41, 5.74) is 0.808. The molecule has 0 bridgehead atoms. The first kappa shape index (κ1) is 20.5. The number of piperazine rings is 1. The number of rotatable bonds is 7. The zero-order valence-corrected chi connectivity index (χ0v) is 17.7. The first-order chi connectivity index (χ1) is 14.6. The van der Waals surface area contributed by atoms with Gasteiger partial charge in [0.25, 0.3) is 5.56 Å². The van der Waals surface area contributed by atoms with E-state index in [1.54, 1.807) is 4.57 Å². The van der Waals surface area contributed by atoms with Gasteiger partial charge in [0.2, 0.25) is 11.7 Å². The summed E-state index contributed by atoms with van der Waals surface area (Å²) in [6, 6.07) is 7.62. The largest absolute Gasteiger partial charge is 0.355 e. The molecule has 1 amide bonds. The van der Waals surface area contributed by atoms with E-state index < -0.39 is 0 Å². The molecule has 4 rings (SSSR count). The predicted octanol–water partition coefficient (Wildman–Crippen LogP) is 0.708. The topological polar surface area (TPSA) is 87.8 Å². The Bertz CT molecular complexity index is 1100. The molecule has 30 heavy (non-hydrogen) atoms. The van der Waals surface area contributed by atoms with Crippen LogP contribution in [0, 0.1) is 0 Å². The first-order valence-electron chi connectivity index (χ1n) is 10.7. The molecule has 0 spiro atoms. The standard InChI is InChI=1S/C21H29N7O2/c1-3-9-22-19(29)15-26-12-10-25(11-13-26)14-18-23-24-21-27(4-2)20(30)16-7-5-6-8-17(16)28(18)21/h5-8H,3-4,9-15H2,1-2H3,(H,22,29). The van der Waals surface area contributed by atoms with Crippen molar-refractivity contribution < 1.29 is 4.79 Å². The van der Waals surface area contributed by atoms with Gasteiger partial charge in [0, 0.05) is 39.3 Å². The lowest BCUT2D eigenvalue weighted by Crippen LogP contribution is -2.49. The quantitative estimate of drug-likeness (QED) is 0.616. The number of amides is 1. The van der Waals surface area contributed by atoms with Crippen LogP contribution in [0.25, 0.3) is 16.7 Å². The van der Waals surface area contributed by atoms with Crippen LogP contribution in [-0.4, -0.2) is 74.1 Å². The minimum absolute atomic E-state index is 0.0329. The van der Waals surface area contributed by atoms with Crippen molar-refractivity contribution in [2.75, 3.05) is 39.3 Å². The van der Waals surface area contributed by atoms with Crippen molar-refractivity contribution in [1.29, 1.82) is 0 Å². The van der Waals surface area contributed by atoms with Crippen LogP contribution in [0.4, 0.5) is 0 Å². The summed E-state index contributed by atoms with van der Waals surface area (Å²) in [6.07, 6.45) is 0.951. The third-order valence-corrected chi connectivity index (χ3v) is 5.66. The maximum absolute atomic E-state index is 12.8. The van der Waals surface area contributed by atoms with Crippen LogP contribution in [0.3, 0.4) is 0 Å². The second-order valence-corrected chi connectivity index (χ2v) is 7.72. The Hall–Kier alpha value is -2.78. The van der Waals surface area contributed by atoms with Crippen molar-refractivity contribution >= 4 is 22.6 Å². The predicted molar refractivity (Wildman–Crippen MR) is 115 cm³/mol.